The van der Waals surface area contributed by atoms with E-state index < -0.39 is 5.60 Å². The Labute approximate surface area is 120 Å². The molecule has 6 nitrogen and oxygen atoms in total. The first-order valence-electron chi connectivity index (χ1n) is 7.31. The van der Waals surface area contributed by atoms with Crippen LogP contribution in [0.4, 0.5) is 4.79 Å². The van der Waals surface area contributed by atoms with E-state index in [-0.39, 0.29) is 11.7 Å². The van der Waals surface area contributed by atoms with E-state index in [1.54, 1.807) is 4.90 Å². The Morgan fingerprint density at radius 2 is 2.10 bits per heavy atom. The Kier molecular flexibility index (Phi) is 4.88. The number of carbonyl (C=O) groups is 1. The van der Waals surface area contributed by atoms with Crippen molar-refractivity contribution in [1.29, 1.82) is 0 Å². The van der Waals surface area contributed by atoms with Crippen LogP contribution < -0.4 is 5.32 Å². The van der Waals surface area contributed by atoms with Crippen LogP contribution in [0.25, 0.3) is 0 Å². The monoisotopic (exact) mass is 286 g/mol. The summed E-state index contributed by atoms with van der Waals surface area (Å²) in [7, 11) is 0. The third kappa shape index (κ3) is 4.33. The summed E-state index contributed by atoms with van der Waals surface area (Å²) in [4.78, 5) is 14.0. The predicted octanol–water partition coefficient (Wildman–Crippen LogP) is 1.00. The molecule has 1 unspecified atom stereocenters. The van der Waals surface area contributed by atoms with Crippen molar-refractivity contribution in [3.63, 3.8) is 0 Å². The molecule has 2 saturated heterocycles. The average Bonchev–Trinajstić information content (AvgIpc) is 2.81. The zero-order valence-electron chi connectivity index (χ0n) is 12.7. The predicted molar refractivity (Wildman–Crippen MR) is 74.8 cm³/mol. The van der Waals surface area contributed by atoms with Gasteiger partial charge in [0.2, 0.25) is 0 Å². The maximum Gasteiger partial charge on any atom is 0.410 e. The van der Waals surface area contributed by atoms with Gasteiger partial charge in [0.25, 0.3) is 0 Å². The standard InChI is InChI=1S/C14H26N2O4/c1-13(2,3)20-12(17)16-6-7-18-8-9-19-14(11-16)4-5-15-10-14/h15H,4-11H2,1-3H3. The smallest absolute Gasteiger partial charge is 0.410 e. The molecular weight excluding hydrogens is 260 g/mol. The molecule has 2 fully saturated rings. The quantitative estimate of drug-likeness (QED) is 0.720. The number of nitrogens with one attached hydrogen (secondary N) is 1. The minimum Gasteiger partial charge on any atom is -0.444 e. The van der Waals surface area contributed by atoms with Gasteiger partial charge in [-0.1, -0.05) is 0 Å². The first kappa shape index (κ1) is 15.5. The molecule has 0 aliphatic carbocycles. The van der Waals surface area contributed by atoms with Gasteiger partial charge >= 0.3 is 6.09 Å². The lowest BCUT2D eigenvalue weighted by Crippen LogP contribution is -2.50. The second kappa shape index (κ2) is 6.28. The number of ether oxygens (including phenoxy) is 3. The molecule has 0 bridgehead atoms. The molecule has 0 saturated carbocycles. The molecule has 0 aromatic rings. The van der Waals surface area contributed by atoms with Crippen molar-refractivity contribution in [2.24, 2.45) is 0 Å². The lowest BCUT2D eigenvalue weighted by Gasteiger charge is -2.34. The van der Waals surface area contributed by atoms with E-state index in [9.17, 15) is 4.79 Å². The normalized spacial score (nSPS) is 28.9. The molecule has 6 heteroatoms. The highest BCUT2D eigenvalue weighted by Crippen LogP contribution is 2.23. The summed E-state index contributed by atoms with van der Waals surface area (Å²) in [5.41, 5.74) is -0.789. The van der Waals surface area contributed by atoms with E-state index in [1.165, 1.54) is 0 Å². The SMILES string of the molecule is CC(C)(C)OC(=O)N1CCOCCOC2(CCNC2)C1. The number of carbonyl (C=O) groups excluding carboxylic acids is 1. The van der Waals surface area contributed by atoms with Gasteiger partial charge in [-0.15, -0.1) is 0 Å². The summed E-state index contributed by atoms with van der Waals surface area (Å²) in [5, 5.41) is 3.31. The van der Waals surface area contributed by atoms with Gasteiger partial charge in [-0.2, -0.15) is 0 Å². The lowest BCUT2D eigenvalue weighted by molar-refractivity contribution is -0.0587. The van der Waals surface area contributed by atoms with Crippen molar-refractivity contribution < 1.29 is 19.0 Å². The molecule has 1 N–H and O–H groups in total. The second-order valence-electron chi connectivity index (χ2n) is 6.47. The molecule has 116 valence electrons. The van der Waals surface area contributed by atoms with Crippen molar-refractivity contribution in [3.8, 4) is 0 Å². The topological polar surface area (TPSA) is 60.0 Å². The second-order valence-corrected chi connectivity index (χ2v) is 6.47. The molecule has 2 heterocycles. The zero-order valence-corrected chi connectivity index (χ0v) is 12.7. The van der Waals surface area contributed by atoms with Crippen LogP contribution in [0.2, 0.25) is 0 Å². The average molecular weight is 286 g/mol. The minimum atomic E-state index is -0.488. The molecule has 2 aliphatic heterocycles. The van der Waals surface area contributed by atoms with Crippen molar-refractivity contribution in [2.45, 2.75) is 38.4 Å². The van der Waals surface area contributed by atoms with Gasteiger partial charge in [0.05, 0.1) is 32.0 Å². The van der Waals surface area contributed by atoms with Crippen molar-refractivity contribution >= 4 is 6.09 Å². The first-order valence-corrected chi connectivity index (χ1v) is 7.31. The van der Waals surface area contributed by atoms with E-state index >= 15 is 0 Å². The van der Waals surface area contributed by atoms with Crippen molar-refractivity contribution in [1.82, 2.24) is 10.2 Å². The Morgan fingerprint density at radius 1 is 1.30 bits per heavy atom. The van der Waals surface area contributed by atoms with Crippen LogP contribution >= 0.6 is 0 Å². The molecular formula is C14H26N2O4. The molecule has 0 aromatic heterocycles. The summed E-state index contributed by atoms with van der Waals surface area (Å²) in [6.45, 7) is 10.1. The molecule has 0 aromatic carbocycles. The number of hydrogen-bond donors (Lipinski definition) is 1. The van der Waals surface area contributed by atoms with Crippen LogP contribution in [-0.2, 0) is 14.2 Å². The van der Waals surface area contributed by atoms with E-state index in [4.69, 9.17) is 14.2 Å². The molecule has 1 atom stereocenters. The molecule has 2 rings (SSSR count). The zero-order chi connectivity index (χ0) is 14.6. The number of amides is 1. The maximum absolute atomic E-state index is 12.3. The highest BCUT2D eigenvalue weighted by atomic mass is 16.6. The summed E-state index contributed by atoms with van der Waals surface area (Å²) in [6.07, 6.45) is 0.615. The number of rotatable bonds is 0. The highest BCUT2D eigenvalue weighted by molar-refractivity contribution is 5.68. The number of hydrogen-bond acceptors (Lipinski definition) is 5. The summed E-state index contributed by atoms with van der Waals surface area (Å²) >= 11 is 0. The van der Waals surface area contributed by atoms with Crippen LogP contribution in [0.5, 0.6) is 0 Å². The van der Waals surface area contributed by atoms with Gasteiger partial charge in [-0.3, -0.25) is 0 Å². The molecule has 2 aliphatic rings. The molecule has 20 heavy (non-hydrogen) atoms. The van der Waals surface area contributed by atoms with Gasteiger partial charge in [0, 0.05) is 13.1 Å². The Bertz CT molecular complexity index is 335. The van der Waals surface area contributed by atoms with Gasteiger partial charge in [-0.05, 0) is 33.7 Å². The van der Waals surface area contributed by atoms with Crippen LogP contribution in [0.3, 0.4) is 0 Å². The summed E-state index contributed by atoms with van der Waals surface area (Å²) < 4.78 is 16.9. The van der Waals surface area contributed by atoms with E-state index in [1.807, 2.05) is 20.8 Å². The fourth-order valence-electron chi connectivity index (χ4n) is 2.53. The lowest BCUT2D eigenvalue weighted by atomic mass is 10.0. The van der Waals surface area contributed by atoms with Crippen LogP contribution in [0, 0.1) is 0 Å². The first-order chi connectivity index (χ1) is 9.40. The Hall–Kier alpha value is -0.850. The van der Waals surface area contributed by atoms with Gasteiger partial charge < -0.3 is 24.4 Å². The molecule has 0 radical (unpaired) electrons. The maximum atomic E-state index is 12.3. The van der Waals surface area contributed by atoms with E-state index in [2.05, 4.69) is 5.32 Å². The van der Waals surface area contributed by atoms with E-state index in [0.717, 1.165) is 19.5 Å². The Morgan fingerprint density at radius 3 is 2.75 bits per heavy atom. The van der Waals surface area contributed by atoms with E-state index in [0.29, 0.717) is 32.9 Å². The summed E-state index contributed by atoms with van der Waals surface area (Å²) in [5.74, 6) is 0. The Balaban J connectivity index is 2.05. The number of nitrogens with zero attached hydrogens (tertiary/aromatic N) is 1. The fraction of sp³-hybridized carbons (Fsp3) is 0.929. The van der Waals surface area contributed by atoms with Crippen LogP contribution in [-0.4, -0.2) is 68.2 Å². The highest BCUT2D eigenvalue weighted by Gasteiger charge is 2.39. The summed E-state index contributed by atoms with van der Waals surface area (Å²) in [6, 6.07) is 0. The van der Waals surface area contributed by atoms with Crippen LogP contribution in [0.1, 0.15) is 27.2 Å². The molecule has 1 amide bonds. The van der Waals surface area contributed by atoms with Crippen molar-refractivity contribution in [2.75, 3.05) is 46.0 Å². The van der Waals surface area contributed by atoms with Gasteiger partial charge in [0.1, 0.15) is 5.60 Å². The van der Waals surface area contributed by atoms with Crippen molar-refractivity contribution in [3.05, 3.63) is 0 Å². The largest absolute Gasteiger partial charge is 0.444 e. The minimum absolute atomic E-state index is 0.294. The third-order valence-electron chi connectivity index (χ3n) is 3.48. The third-order valence-corrected chi connectivity index (χ3v) is 3.48. The van der Waals surface area contributed by atoms with Gasteiger partial charge in [-0.25, -0.2) is 4.79 Å². The fourth-order valence-corrected chi connectivity index (χ4v) is 2.53. The van der Waals surface area contributed by atoms with Gasteiger partial charge in [0.15, 0.2) is 0 Å². The molecule has 1 spiro atoms. The van der Waals surface area contributed by atoms with Crippen LogP contribution in [0.15, 0.2) is 0 Å².